The van der Waals surface area contributed by atoms with Crippen LogP contribution in [-0.4, -0.2) is 61.2 Å². The van der Waals surface area contributed by atoms with E-state index in [1.165, 1.54) is 7.11 Å². The number of hydrogen-bond donors (Lipinski definition) is 3. The van der Waals surface area contributed by atoms with Crippen molar-refractivity contribution < 1.29 is 63.4 Å². The van der Waals surface area contributed by atoms with Gasteiger partial charge in [-0.05, 0) is 12.2 Å². The fourth-order valence-electron chi connectivity index (χ4n) is 2.55. The number of hydrogen-bond acceptors (Lipinski definition) is 7. The quantitative estimate of drug-likeness (QED) is 0.327. The number of benzene rings is 1. The van der Waals surface area contributed by atoms with Crippen molar-refractivity contribution in [1.29, 1.82) is 0 Å². The summed E-state index contributed by atoms with van der Waals surface area (Å²) in [4.78, 5) is 11.4. The molecule has 25 heavy (non-hydrogen) atoms. The summed E-state index contributed by atoms with van der Waals surface area (Å²) < 4.78 is 27.6. The van der Waals surface area contributed by atoms with Crippen LogP contribution >= 0.6 is 7.52 Å². The largest absolute Gasteiger partial charge is 1.00 e. The zero-order valence-electron chi connectivity index (χ0n) is 14.6. The van der Waals surface area contributed by atoms with Gasteiger partial charge in [-0.3, -0.25) is 5.09 Å². The van der Waals surface area contributed by atoms with E-state index >= 15 is 0 Å². The van der Waals surface area contributed by atoms with Gasteiger partial charge in [-0.2, -0.15) is 0 Å². The van der Waals surface area contributed by atoms with E-state index in [0.717, 1.165) is 12.2 Å². The third-order valence-corrected chi connectivity index (χ3v) is 4.48. The van der Waals surface area contributed by atoms with Gasteiger partial charge in [0.1, 0.15) is 18.3 Å². The van der Waals surface area contributed by atoms with Crippen molar-refractivity contribution >= 4 is 7.52 Å². The SMILES string of the molecule is CO[C@@H]1OC(COCc2ccccc2)[C@@H](O)C(O)[C@@H]1NP(C)(=O)[O-].[Na+]. The van der Waals surface area contributed by atoms with Gasteiger partial charge >= 0.3 is 29.6 Å². The minimum Gasteiger partial charge on any atom is -0.788 e. The molecule has 1 aromatic rings. The summed E-state index contributed by atoms with van der Waals surface area (Å²) >= 11 is 0. The number of nitrogens with one attached hydrogen (secondary N) is 1. The molecule has 1 aliphatic heterocycles. The molecular formula is C15H23NNaO7P. The van der Waals surface area contributed by atoms with Crippen LogP contribution in [0.5, 0.6) is 0 Å². The number of methoxy groups -OCH3 is 1. The molecular weight excluding hydrogens is 360 g/mol. The van der Waals surface area contributed by atoms with Crippen molar-refractivity contribution in [2.24, 2.45) is 0 Å². The molecule has 1 aromatic carbocycles. The van der Waals surface area contributed by atoms with Crippen LogP contribution in [0.25, 0.3) is 0 Å². The summed E-state index contributed by atoms with van der Waals surface area (Å²) in [5, 5.41) is 22.6. The molecule has 1 heterocycles. The summed E-state index contributed by atoms with van der Waals surface area (Å²) in [5.41, 5.74) is 0.962. The third-order valence-electron chi connectivity index (χ3n) is 3.71. The first-order valence-corrected chi connectivity index (χ1v) is 9.61. The van der Waals surface area contributed by atoms with Crippen molar-refractivity contribution in [3.8, 4) is 0 Å². The summed E-state index contributed by atoms with van der Waals surface area (Å²) in [6.07, 6.45) is -4.56. The molecule has 2 rings (SSSR count). The Morgan fingerprint density at radius 1 is 1.28 bits per heavy atom. The standard InChI is InChI=1S/C15H24NO7P.Na/c1-21-15-12(16-24(2,19)20)14(18)13(17)11(23-15)9-22-8-10-6-4-3-5-7-10;/h3-7,11-15,17-18H,8-9H2,1-2H3,(H2,16,19,20);/q;+1/p-1/t11?,12-,13+,14?,15+;/m0./s1. The second-order valence-electron chi connectivity index (χ2n) is 5.76. The number of rotatable bonds is 7. The Kier molecular flexibility index (Phi) is 9.74. The normalized spacial score (nSPS) is 31.8. The van der Waals surface area contributed by atoms with Crippen LogP contribution in [0.4, 0.5) is 0 Å². The molecule has 0 radical (unpaired) electrons. The average Bonchev–Trinajstić information content (AvgIpc) is 2.54. The molecule has 6 atom stereocenters. The van der Waals surface area contributed by atoms with Crippen molar-refractivity contribution in [2.75, 3.05) is 20.4 Å². The van der Waals surface area contributed by atoms with E-state index in [1.807, 2.05) is 30.3 Å². The summed E-state index contributed by atoms with van der Waals surface area (Å²) in [7, 11) is -2.56. The molecule has 1 aliphatic rings. The van der Waals surface area contributed by atoms with E-state index in [1.54, 1.807) is 0 Å². The molecule has 8 nitrogen and oxygen atoms in total. The molecule has 0 saturated carbocycles. The van der Waals surface area contributed by atoms with Gasteiger partial charge in [0.15, 0.2) is 6.29 Å². The van der Waals surface area contributed by atoms with Gasteiger partial charge in [0, 0.05) is 7.11 Å². The van der Waals surface area contributed by atoms with Gasteiger partial charge < -0.3 is 33.9 Å². The molecule has 0 aromatic heterocycles. The van der Waals surface area contributed by atoms with E-state index in [9.17, 15) is 19.7 Å². The fraction of sp³-hybridized carbons (Fsp3) is 0.600. The van der Waals surface area contributed by atoms with Crippen molar-refractivity contribution in [2.45, 2.75) is 37.3 Å². The van der Waals surface area contributed by atoms with Crippen LogP contribution in [0.2, 0.25) is 0 Å². The molecule has 3 unspecified atom stereocenters. The van der Waals surface area contributed by atoms with Crippen LogP contribution in [0.1, 0.15) is 5.56 Å². The topological polar surface area (TPSA) is 120 Å². The van der Waals surface area contributed by atoms with Gasteiger partial charge in [0.05, 0.1) is 26.8 Å². The molecule has 10 heteroatoms. The van der Waals surface area contributed by atoms with Gasteiger partial charge in [0.25, 0.3) is 0 Å². The minimum absolute atomic E-state index is 0. The molecule has 0 aliphatic carbocycles. The van der Waals surface area contributed by atoms with Crippen LogP contribution in [0, 0.1) is 0 Å². The van der Waals surface area contributed by atoms with Crippen molar-refractivity contribution in [1.82, 2.24) is 5.09 Å². The van der Waals surface area contributed by atoms with Crippen LogP contribution in [-0.2, 0) is 25.4 Å². The zero-order valence-corrected chi connectivity index (χ0v) is 17.5. The molecule has 0 spiro atoms. The first-order chi connectivity index (χ1) is 11.3. The molecule has 0 amide bonds. The Morgan fingerprint density at radius 2 is 1.92 bits per heavy atom. The van der Waals surface area contributed by atoms with E-state index in [4.69, 9.17) is 14.2 Å². The van der Waals surface area contributed by atoms with Crippen LogP contribution in [0.15, 0.2) is 30.3 Å². The molecule has 0 bridgehead atoms. The molecule has 1 fully saturated rings. The molecule has 3 N–H and O–H groups in total. The maximum atomic E-state index is 11.4. The smallest absolute Gasteiger partial charge is 0.788 e. The summed E-state index contributed by atoms with van der Waals surface area (Å²) in [6, 6.07) is 8.38. The maximum absolute atomic E-state index is 11.4. The molecule has 136 valence electrons. The second-order valence-corrected chi connectivity index (χ2v) is 7.71. The Bertz CT molecular complexity index is 556. The second kappa shape index (κ2) is 10.5. The Labute approximate surface area is 169 Å². The fourth-order valence-corrected chi connectivity index (χ4v) is 3.36. The van der Waals surface area contributed by atoms with Crippen LogP contribution < -0.4 is 39.5 Å². The predicted octanol–water partition coefficient (Wildman–Crippen LogP) is -3.56. The summed E-state index contributed by atoms with van der Waals surface area (Å²) in [5.74, 6) is 0. The molecule has 1 saturated heterocycles. The Morgan fingerprint density at radius 3 is 2.48 bits per heavy atom. The Hall–Kier alpha value is 0.170. The van der Waals surface area contributed by atoms with E-state index < -0.39 is 38.2 Å². The minimum atomic E-state index is -3.89. The zero-order chi connectivity index (χ0) is 17.7. The van der Waals surface area contributed by atoms with E-state index in [0.29, 0.717) is 6.61 Å². The van der Waals surface area contributed by atoms with Crippen LogP contribution in [0.3, 0.4) is 0 Å². The van der Waals surface area contributed by atoms with E-state index in [2.05, 4.69) is 5.09 Å². The van der Waals surface area contributed by atoms with Gasteiger partial charge in [0.2, 0.25) is 0 Å². The van der Waals surface area contributed by atoms with Gasteiger partial charge in [-0.25, -0.2) is 0 Å². The van der Waals surface area contributed by atoms with Crippen molar-refractivity contribution in [3.63, 3.8) is 0 Å². The monoisotopic (exact) mass is 383 g/mol. The number of aliphatic hydroxyl groups excluding tert-OH is 2. The number of ether oxygens (including phenoxy) is 3. The average molecular weight is 383 g/mol. The first kappa shape index (κ1) is 23.2. The van der Waals surface area contributed by atoms with Gasteiger partial charge in [-0.15, -0.1) is 0 Å². The van der Waals surface area contributed by atoms with Gasteiger partial charge in [-0.1, -0.05) is 30.3 Å². The maximum Gasteiger partial charge on any atom is 1.00 e. The summed E-state index contributed by atoms with van der Waals surface area (Å²) in [6.45, 7) is 1.34. The third kappa shape index (κ3) is 7.01. The number of aliphatic hydroxyl groups is 2. The first-order valence-electron chi connectivity index (χ1n) is 7.54. The Balaban J connectivity index is 0.00000312. The van der Waals surface area contributed by atoms with Crippen molar-refractivity contribution in [3.05, 3.63) is 35.9 Å². The van der Waals surface area contributed by atoms with E-state index in [-0.39, 0.29) is 36.2 Å². The predicted molar refractivity (Wildman–Crippen MR) is 84.2 cm³/mol.